The molecule has 0 spiro atoms. The summed E-state index contributed by atoms with van der Waals surface area (Å²) in [6.45, 7) is 2.34. The van der Waals surface area contributed by atoms with Crippen LogP contribution in [-0.4, -0.2) is 12.8 Å². The van der Waals surface area contributed by atoms with E-state index >= 15 is 0 Å². The van der Waals surface area contributed by atoms with Crippen LogP contribution in [0.2, 0.25) is 0 Å². The van der Waals surface area contributed by atoms with Gasteiger partial charge in [0.2, 0.25) is 0 Å². The molecule has 0 amide bonds. The number of rotatable bonds is 5. The highest BCUT2D eigenvalue weighted by molar-refractivity contribution is 5.21. The van der Waals surface area contributed by atoms with Crippen LogP contribution < -0.4 is 4.74 Å². The zero-order valence-corrected chi connectivity index (χ0v) is 10.9. The molecular weight excluding hydrogens is 227 g/mol. The summed E-state index contributed by atoms with van der Waals surface area (Å²) in [7, 11) is 0. The van der Waals surface area contributed by atoms with E-state index in [2.05, 4.69) is 6.92 Å². The second-order valence-corrected chi connectivity index (χ2v) is 5.10. The smallest absolute Gasteiger partial charge is 0.152 e. The Labute approximate surface area is 109 Å². The first-order valence-corrected chi connectivity index (χ1v) is 6.76. The number of allylic oxidation sites excluding steroid dienone is 1. The second-order valence-electron chi connectivity index (χ2n) is 5.10. The summed E-state index contributed by atoms with van der Waals surface area (Å²) in [5, 5.41) is 0. The summed E-state index contributed by atoms with van der Waals surface area (Å²) >= 11 is 0. The Balaban J connectivity index is 1.75. The molecule has 0 saturated heterocycles. The maximum Gasteiger partial charge on any atom is 0.152 e. The monoisotopic (exact) mass is 248 g/mol. The van der Waals surface area contributed by atoms with Crippen molar-refractivity contribution >= 4 is 0 Å². The van der Waals surface area contributed by atoms with Crippen molar-refractivity contribution in [1.82, 2.24) is 0 Å². The predicted molar refractivity (Wildman–Crippen MR) is 72.5 cm³/mol. The Morgan fingerprint density at radius 2 is 2.11 bits per heavy atom. The van der Waals surface area contributed by atoms with Gasteiger partial charge in [-0.1, -0.05) is 50.1 Å². The number of benzene rings is 1. The van der Waals surface area contributed by atoms with Crippen LogP contribution in [0, 0.1) is 11.8 Å². The molecule has 0 N–H and O–H groups in total. The Bertz CT molecular complexity index is 374. The molecule has 1 aromatic rings. The molecule has 1 aliphatic rings. The molecule has 1 aliphatic carbocycles. The first-order chi connectivity index (χ1) is 8.75. The Kier molecular flexibility index (Phi) is 4.80. The van der Waals surface area contributed by atoms with Gasteiger partial charge in [0.05, 0.1) is 0 Å². The predicted octanol–water partition coefficient (Wildman–Crippen LogP) is 4.40. The molecule has 3 atom stereocenters. The van der Waals surface area contributed by atoms with Crippen LogP contribution in [-0.2, 0) is 0 Å². The van der Waals surface area contributed by atoms with Crippen molar-refractivity contribution in [3.63, 3.8) is 0 Å². The zero-order chi connectivity index (χ0) is 12.8. The molecule has 1 fully saturated rings. The third-order valence-corrected chi connectivity index (χ3v) is 3.65. The van der Waals surface area contributed by atoms with Gasteiger partial charge < -0.3 is 4.74 Å². The van der Waals surface area contributed by atoms with Gasteiger partial charge in [-0.25, -0.2) is 4.39 Å². The van der Waals surface area contributed by atoms with E-state index in [1.807, 2.05) is 36.4 Å². The number of halogens is 1. The molecule has 0 aromatic heterocycles. The lowest BCUT2D eigenvalue weighted by Crippen LogP contribution is -2.11. The minimum atomic E-state index is -1.02. The van der Waals surface area contributed by atoms with E-state index in [4.69, 9.17) is 4.74 Å². The summed E-state index contributed by atoms with van der Waals surface area (Å²) in [6.07, 6.45) is 6.42. The van der Waals surface area contributed by atoms with Crippen molar-refractivity contribution in [3.05, 3.63) is 42.5 Å². The van der Waals surface area contributed by atoms with Crippen LogP contribution in [0.5, 0.6) is 5.75 Å². The molecule has 3 unspecified atom stereocenters. The van der Waals surface area contributed by atoms with Gasteiger partial charge >= 0.3 is 0 Å². The first-order valence-electron chi connectivity index (χ1n) is 6.76. The molecular formula is C16H21FO. The van der Waals surface area contributed by atoms with Crippen LogP contribution in [0.3, 0.4) is 0 Å². The molecule has 1 nitrogen and oxygen atoms in total. The molecule has 1 aromatic carbocycles. The van der Waals surface area contributed by atoms with Crippen molar-refractivity contribution in [2.75, 3.05) is 6.61 Å². The summed E-state index contributed by atoms with van der Waals surface area (Å²) < 4.78 is 19.0. The molecule has 2 heteroatoms. The van der Waals surface area contributed by atoms with Crippen LogP contribution >= 0.6 is 0 Å². The minimum absolute atomic E-state index is 0.0988. The number of hydrogen-bond acceptors (Lipinski definition) is 1. The number of alkyl halides is 1. The fourth-order valence-electron chi connectivity index (χ4n) is 2.47. The molecule has 0 radical (unpaired) electrons. The lowest BCUT2D eigenvalue weighted by atomic mass is 9.97. The van der Waals surface area contributed by atoms with Gasteiger partial charge in [0, 0.05) is 0 Å². The van der Waals surface area contributed by atoms with Gasteiger partial charge in [0.15, 0.2) is 6.17 Å². The highest BCUT2D eigenvalue weighted by atomic mass is 19.1. The fraction of sp³-hybridized carbons (Fsp3) is 0.500. The maximum atomic E-state index is 13.7. The average Bonchev–Trinajstić information content (AvgIpc) is 2.81. The largest absolute Gasteiger partial charge is 0.490 e. The fourth-order valence-corrected chi connectivity index (χ4v) is 2.47. The van der Waals surface area contributed by atoms with Gasteiger partial charge in [-0.2, -0.15) is 0 Å². The van der Waals surface area contributed by atoms with Gasteiger partial charge in [0.1, 0.15) is 12.4 Å². The van der Waals surface area contributed by atoms with Crippen molar-refractivity contribution in [2.45, 2.75) is 32.4 Å². The van der Waals surface area contributed by atoms with Crippen LogP contribution in [0.4, 0.5) is 4.39 Å². The quantitative estimate of drug-likeness (QED) is 0.702. The van der Waals surface area contributed by atoms with Crippen molar-refractivity contribution in [2.24, 2.45) is 11.8 Å². The first kappa shape index (κ1) is 13.1. The minimum Gasteiger partial charge on any atom is -0.490 e. The molecule has 0 bridgehead atoms. The highest BCUT2D eigenvalue weighted by Gasteiger charge is 2.20. The number of hydrogen-bond donors (Lipinski definition) is 0. The lowest BCUT2D eigenvalue weighted by molar-refractivity contribution is 0.228. The summed E-state index contributed by atoms with van der Waals surface area (Å²) in [5.74, 6) is 1.98. The van der Waals surface area contributed by atoms with Gasteiger partial charge in [-0.3, -0.25) is 0 Å². The van der Waals surface area contributed by atoms with Gasteiger partial charge in [0.25, 0.3) is 0 Å². The topological polar surface area (TPSA) is 9.23 Å². The standard InChI is InChI=1S/C16H21FO/c1-13-6-5-7-14(13)10-11-15(17)12-18-16-8-3-2-4-9-16/h2-4,8-11,13-15H,5-7,12H2,1H3/b11-10+. The SMILES string of the molecule is CC1CCCC1/C=C/C(F)COc1ccccc1. The van der Waals surface area contributed by atoms with E-state index in [1.54, 1.807) is 6.08 Å². The van der Waals surface area contributed by atoms with E-state index in [-0.39, 0.29) is 6.61 Å². The maximum absolute atomic E-state index is 13.7. The third kappa shape index (κ3) is 3.86. The van der Waals surface area contributed by atoms with Gasteiger partial charge in [-0.15, -0.1) is 0 Å². The van der Waals surface area contributed by atoms with E-state index in [0.29, 0.717) is 11.8 Å². The molecule has 0 aliphatic heterocycles. The van der Waals surface area contributed by atoms with E-state index in [0.717, 1.165) is 5.75 Å². The summed E-state index contributed by atoms with van der Waals surface area (Å²) in [5.41, 5.74) is 0. The normalized spacial score (nSPS) is 25.4. The van der Waals surface area contributed by atoms with E-state index in [9.17, 15) is 4.39 Å². The molecule has 18 heavy (non-hydrogen) atoms. The van der Waals surface area contributed by atoms with Crippen LogP contribution in [0.15, 0.2) is 42.5 Å². The summed E-state index contributed by atoms with van der Waals surface area (Å²) in [6, 6.07) is 9.38. The van der Waals surface area contributed by atoms with Crippen molar-refractivity contribution in [3.8, 4) is 5.75 Å². The van der Waals surface area contributed by atoms with E-state index < -0.39 is 6.17 Å². The van der Waals surface area contributed by atoms with Crippen molar-refractivity contribution < 1.29 is 9.13 Å². The number of ether oxygens (including phenoxy) is 1. The lowest BCUT2D eigenvalue weighted by Gasteiger charge is -2.11. The molecule has 2 rings (SSSR count). The molecule has 0 heterocycles. The Hall–Kier alpha value is -1.31. The zero-order valence-electron chi connectivity index (χ0n) is 10.9. The van der Waals surface area contributed by atoms with E-state index in [1.165, 1.54) is 19.3 Å². The van der Waals surface area contributed by atoms with Crippen LogP contribution in [0.25, 0.3) is 0 Å². The highest BCUT2D eigenvalue weighted by Crippen LogP contribution is 2.32. The van der Waals surface area contributed by atoms with Gasteiger partial charge in [-0.05, 0) is 30.4 Å². The second kappa shape index (κ2) is 6.58. The third-order valence-electron chi connectivity index (χ3n) is 3.65. The van der Waals surface area contributed by atoms with Crippen LogP contribution in [0.1, 0.15) is 26.2 Å². The molecule has 1 saturated carbocycles. The van der Waals surface area contributed by atoms with Crippen molar-refractivity contribution in [1.29, 1.82) is 0 Å². The Morgan fingerprint density at radius 3 is 2.78 bits per heavy atom. The summed E-state index contributed by atoms with van der Waals surface area (Å²) in [4.78, 5) is 0. The number of para-hydroxylation sites is 1. The average molecular weight is 248 g/mol. The molecule has 98 valence electrons. The Morgan fingerprint density at radius 1 is 1.33 bits per heavy atom.